The lowest BCUT2D eigenvalue weighted by atomic mass is 9.94. The van der Waals surface area contributed by atoms with Gasteiger partial charge in [0.05, 0.1) is 13.2 Å². The molecule has 5 nitrogen and oxygen atoms in total. The van der Waals surface area contributed by atoms with Crippen LogP contribution in [0.2, 0.25) is 0 Å². The van der Waals surface area contributed by atoms with Crippen molar-refractivity contribution in [3.8, 4) is 11.5 Å². The summed E-state index contributed by atoms with van der Waals surface area (Å²) < 4.78 is 18.2. The van der Waals surface area contributed by atoms with Gasteiger partial charge in [-0.05, 0) is 55.5 Å². The number of ether oxygens (including phenoxy) is 3. The second kappa shape index (κ2) is 8.84. The highest BCUT2D eigenvalue weighted by Crippen LogP contribution is 2.40. The highest BCUT2D eigenvalue weighted by Gasteiger charge is 2.26. The van der Waals surface area contributed by atoms with E-state index >= 15 is 0 Å². The third-order valence-electron chi connectivity index (χ3n) is 5.24. The van der Waals surface area contributed by atoms with Gasteiger partial charge in [0.2, 0.25) is 0 Å². The van der Waals surface area contributed by atoms with Gasteiger partial charge in [0.25, 0.3) is 0 Å². The van der Waals surface area contributed by atoms with E-state index in [1.54, 1.807) is 7.11 Å². The Morgan fingerprint density at radius 2 is 1.90 bits per heavy atom. The first-order valence-electron chi connectivity index (χ1n) is 9.88. The first-order chi connectivity index (χ1) is 14.1. The number of carbonyl (C=O) groups is 1. The van der Waals surface area contributed by atoms with E-state index in [1.807, 2.05) is 48.5 Å². The van der Waals surface area contributed by atoms with Crippen molar-refractivity contribution in [2.45, 2.75) is 44.4 Å². The summed E-state index contributed by atoms with van der Waals surface area (Å²) in [6.45, 7) is 0.183. The van der Waals surface area contributed by atoms with E-state index in [0.29, 0.717) is 10.6 Å². The molecular weight excluding hydrogens is 386 g/mol. The molecule has 1 fully saturated rings. The van der Waals surface area contributed by atoms with Gasteiger partial charge in [-0.25, -0.2) is 4.79 Å². The molecule has 6 heteroatoms. The number of nitrogens with two attached hydrogens (primary N) is 1. The summed E-state index contributed by atoms with van der Waals surface area (Å²) in [6.07, 6.45) is 3.79. The summed E-state index contributed by atoms with van der Waals surface area (Å²) in [6, 6.07) is 15.7. The molecule has 0 unspecified atom stereocenters. The summed E-state index contributed by atoms with van der Waals surface area (Å²) in [5.74, 6) is 1.01. The van der Waals surface area contributed by atoms with Gasteiger partial charge in [-0.1, -0.05) is 24.3 Å². The van der Waals surface area contributed by atoms with Crippen molar-refractivity contribution >= 4 is 27.4 Å². The average molecular weight is 412 g/mol. The summed E-state index contributed by atoms with van der Waals surface area (Å²) in [7, 11) is 1.62. The fraction of sp³-hybridized carbons (Fsp3) is 0.348. The van der Waals surface area contributed by atoms with E-state index in [-0.39, 0.29) is 24.7 Å². The van der Waals surface area contributed by atoms with Crippen LogP contribution in [0.3, 0.4) is 0 Å². The van der Waals surface area contributed by atoms with Gasteiger partial charge in [-0.2, -0.15) is 0 Å². The van der Waals surface area contributed by atoms with Gasteiger partial charge in [-0.3, -0.25) is 0 Å². The molecule has 29 heavy (non-hydrogen) atoms. The third kappa shape index (κ3) is 4.54. The second-order valence-electron chi connectivity index (χ2n) is 7.34. The lowest BCUT2D eigenvalue weighted by molar-refractivity contribution is 0.0469. The van der Waals surface area contributed by atoms with Crippen LogP contribution in [-0.2, 0) is 11.3 Å². The maximum absolute atomic E-state index is 12.9. The van der Waals surface area contributed by atoms with Crippen LogP contribution in [0.5, 0.6) is 11.5 Å². The fourth-order valence-corrected chi connectivity index (χ4v) is 4.65. The third-order valence-corrected chi connectivity index (χ3v) is 6.37. The Hall–Kier alpha value is -2.57. The second-order valence-corrected chi connectivity index (χ2v) is 8.39. The van der Waals surface area contributed by atoms with Crippen molar-refractivity contribution in [2.24, 2.45) is 5.73 Å². The van der Waals surface area contributed by atoms with E-state index in [0.717, 1.165) is 47.1 Å². The van der Waals surface area contributed by atoms with E-state index in [9.17, 15) is 4.79 Å². The van der Waals surface area contributed by atoms with Gasteiger partial charge in [0.15, 0.2) is 10.6 Å². The summed E-state index contributed by atoms with van der Waals surface area (Å²) >= 11 is 1.42. The van der Waals surface area contributed by atoms with Crippen molar-refractivity contribution in [2.75, 3.05) is 7.11 Å². The molecular formula is C23H25NO4S. The Balaban J connectivity index is 1.54. The van der Waals surface area contributed by atoms with Crippen molar-refractivity contribution in [1.82, 2.24) is 0 Å². The van der Waals surface area contributed by atoms with Crippen molar-refractivity contribution < 1.29 is 19.0 Å². The van der Waals surface area contributed by atoms with Crippen molar-refractivity contribution in [3.63, 3.8) is 0 Å². The zero-order valence-electron chi connectivity index (χ0n) is 16.4. The quantitative estimate of drug-likeness (QED) is 0.583. The SMILES string of the molecule is COc1cccc(COC(=O)c2sc3ccccc3c2O[C@H]2CC[C@H](N)CC2)c1. The molecule has 0 saturated heterocycles. The van der Waals surface area contributed by atoms with Gasteiger partial charge >= 0.3 is 5.97 Å². The van der Waals surface area contributed by atoms with Gasteiger partial charge in [-0.15, -0.1) is 11.3 Å². The number of rotatable bonds is 6. The normalized spacial score (nSPS) is 19.1. The molecule has 0 radical (unpaired) electrons. The Bertz CT molecular complexity index is 991. The molecule has 4 rings (SSSR count). The van der Waals surface area contributed by atoms with E-state index < -0.39 is 0 Å². The lowest BCUT2D eigenvalue weighted by Gasteiger charge is -2.27. The Morgan fingerprint density at radius 1 is 1.10 bits per heavy atom. The minimum atomic E-state index is -0.364. The number of hydrogen-bond acceptors (Lipinski definition) is 6. The van der Waals surface area contributed by atoms with Gasteiger partial charge < -0.3 is 19.9 Å². The summed E-state index contributed by atoms with van der Waals surface area (Å²) in [4.78, 5) is 13.4. The van der Waals surface area contributed by atoms with Crippen LogP contribution in [0.1, 0.15) is 40.9 Å². The Morgan fingerprint density at radius 3 is 2.69 bits per heavy atom. The van der Waals surface area contributed by atoms with Crippen LogP contribution in [0.15, 0.2) is 48.5 Å². The predicted molar refractivity (Wildman–Crippen MR) is 115 cm³/mol. The molecule has 1 saturated carbocycles. The number of carbonyl (C=O) groups excluding carboxylic acids is 1. The Labute approximate surface area is 174 Å². The number of thiophene rings is 1. The molecule has 1 aliphatic rings. The molecule has 1 aromatic heterocycles. The highest BCUT2D eigenvalue weighted by atomic mass is 32.1. The van der Waals surface area contributed by atoms with Crippen LogP contribution in [0.4, 0.5) is 0 Å². The topological polar surface area (TPSA) is 70.8 Å². The largest absolute Gasteiger partial charge is 0.497 e. The standard InChI is InChI=1S/C23H25NO4S/c1-26-18-6-4-5-15(13-18)14-27-23(25)22-21(19-7-2-3-8-20(19)29-22)28-17-11-9-16(24)10-12-17/h2-8,13,16-17H,9-12,14,24H2,1H3/t16-,17-. The first kappa shape index (κ1) is 19.7. The molecule has 0 aliphatic heterocycles. The van der Waals surface area contributed by atoms with Gasteiger partial charge in [0, 0.05) is 16.1 Å². The van der Waals surface area contributed by atoms with Crippen molar-refractivity contribution in [3.05, 3.63) is 59.0 Å². The minimum Gasteiger partial charge on any atom is -0.497 e. The fourth-order valence-electron chi connectivity index (χ4n) is 3.62. The van der Waals surface area contributed by atoms with Crippen LogP contribution in [0, 0.1) is 0 Å². The molecule has 1 heterocycles. The monoisotopic (exact) mass is 411 g/mol. The molecule has 0 amide bonds. The number of benzene rings is 2. The van der Waals surface area contributed by atoms with Gasteiger partial charge in [0.1, 0.15) is 12.4 Å². The molecule has 0 atom stereocenters. The molecule has 0 bridgehead atoms. The summed E-state index contributed by atoms with van der Waals surface area (Å²) in [5, 5.41) is 0.959. The highest BCUT2D eigenvalue weighted by molar-refractivity contribution is 7.21. The number of esters is 1. The first-order valence-corrected chi connectivity index (χ1v) is 10.7. The van der Waals surface area contributed by atoms with Crippen LogP contribution in [-0.4, -0.2) is 25.2 Å². The van der Waals surface area contributed by atoms with E-state index in [2.05, 4.69) is 0 Å². The predicted octanol–water partition coefficient (Wildman–Crippen LogP) is 4.92. The van der Waals surface area contributed by atoms with E-state index in [1.165, 1.54) is 11.3 Å². The lowest BCUT2D eigenvalue weighted by Crippen LogP contribution is -2.31. The number of fused-ring (bicyclic) bond motifs is 1. The maximum Gasteiger partial charge on any atom is 0.352 e. The molecule has 1 aliphatic carbocycles. The molecule has 3 aromatic rings. The van der Waals surface area contributed by atoms with Crippen molar-refractivity contribution in [1.29, 1.82) is 0 Å². The molecule has 152 valence electrons. The Kier molecular flexibility index (Phi) is 6.02. The van der Waals surface area contributed by atoms with Crippen LogP contribution < -0.4 is 15.2 Å². The molecule has 2 N–H and O–H groups in total. The molecule has 0 spiro atoms. The zero-order chi connectivity index (χ0) is 20.2. The maximum atomic E-state index is 12.9. The number of hydrogen-bond donors (Lipinski definition) is 1. The molecule has 2 aromatic carbocycles. The average Bonchev–Trinajstić information content (AvgIpc) is 3.12. The van der Waals surface area contributed by atoms with Crippen LogP contribution in [0.25, 0.3) is 10.1 Å². The van der Waals surface area contributed by atoms with E-state index in [4.69, 9.17) is 19.9 Å². The summed E-state index contributed by atoms with van der Waals surface area (Å²) in [5.41, 5.74) is 6.90. The van der Waals surface area contributed by atoms with Crippen LogP contribution >= 0.6 is 11.3 Å². The minimum absolute atomic E-state index is 0.0812. The number of methoxy groups -OCH3 is 1. The zero-order valence-corrected chi connectivity index (χ0v) is 17.2. The smallest absolute Gasteiger partial charge is 0.352 e.